The third-order valence-electron chi connectivity index (χ3n) is 5.99. The van der Waals surface area contributed by atoms with E-state index in [2.05, 4.69) is 40.3 Å². The zero-order valence-electron chi connectivity index (χ0n) is 20.9. The topological polar surface area (TPSA) is 103 Å². The Morgan fingerprint density at radius 2 is 1.75 bits per heavy atom. The molecule has 0 radical (unpaired) electrons. The zero-order valence-corrected chi connectivity index (χ0v) is 20.9. The lowest BCUT2D eigenvalue weighted by Gasteiger charge is -2.35. The third-order valence-corrected chi connectivity index (χ3v) is 5.99. The number of hydrogen-bond acceptors (Lipinski definition) is 6. The number of aromatic nitrogens is 2. The molecular formula is C29H34N4O3. The molecule has 7 heteroatoms. The van der Waals surface area contributed by atoms with E-state index >= 15 is 0 Å². The molecule has 1 fully saturated rings. The lowest BCUT2D eigenvalue weighted by molar-refractivity contribution is 0.0653. The molecule has 0 spiro atoms. The molecule has 0 bridgehead atoms. The maximum absolute atomic E-state index is 9.69. The number of rotatable bonds is 9. The number of aliphatic hydroxyl groups is 2. The van der Waals surface area contributed by atoms with Gasteiger partial charge in [0.15, 0.2) is 0 Å². The Kier molecular flexibility index (Phi) is 10.5. The normalized spacial score (nSPS) is 16.9. The second-order valence-corrected chi connectivity index (χ2v) is 8.34. The van der Waals surface area contributed by atoms with E-state index in [0.717, 1.165) is 41.8 Å². The maximum Gasteiger partial charge on any atom is 0.135 e. The number of nitrogens with one attached hydrogen (secondary N) is 1. The minimum atomic E-state index is -0.461. The standard InChI is InChI=1S/C27H28N4O3.C2H6/c28-11-12-29-17-21-15-26(16-21)34-25-9-6-23(7-10-25)22-4-1-20(2-5-22)3-8-24(18-32)31-14-13-30-27(31)19-33;1-2/h1-2,4-7,9-10,13-14,21,24,26,29,32-33H,12,15-19H2;1-2H3. The van der Waals surface area contributed by atoms with Crippen molar-refractivity contribution in [3.05, 3.63) is 72.3 Å². The molecule has 1 unspecified atom stereocenters. The van der Waals surface area contributed by atoms with Crippen LogP contribution in [0.25, 0.3) is 11.1 Å². The minimum absolute atomic E-state index is 0.164. The first-order chi connectivity index (χ1) is 17.7. The average Bonchev–Trinajstić information content (AvgIpc) is 3.38. The highest BCUT2D eigenvalue weighted by atomic mass is 16.5. The summed E-state index contributed by atoms with van der Waals surface area (Å²) in [5, 5.41) is 30.8. The van der Waals surface area contributed by atoms with Crippen LogP contribution in [0, 0.1) is 29.1 Å². The van der Waals surface area contributed by atoms with E-state index in [1.54, 1.807) is 17.0 Å². The fourth-order valence-corrected chi connectivity index (χ4v) is 4.05. The summed E-state index contributed by atoms with van der Waals surface area (Å²) in [5.74, 6) is 8.08. The van der Waals surface area contributed by atoms with Gasteiger partial charge in [-0.3, -0.25) is 0 Å². The molecule has 0 amide bonds. The van der Waals surface area contributed by atoms with Crippen molar-refractivity contribution in [1.82, 2.24) is 14.9 Å². The summed E-state index contributed by atoms with van der Waals surface area (Å²) in [6.45, 7) is 4.91. The molecule has 1 aromatic heterocycles. The molecule has 1 heterocycles. The number of hydrogen-bond donors (Lipinski definition) is 3. The number of aliphatic hydroxyl groups excluding tert-OH is 2. The van der Waals surface area contributed by atoms with Crippen LogP contribution >= 0.6 is 0 Å². The van der Waals surface area contributed by atoms with Gasteiger partial charge in [-0.15, -0.1) is 0 Å². The first-order valence-corrected chi connectivity index (χ1v) is 12.4. The summed E-state index contributed by atoms with van der Waals surface area (Å²) in [5.41, 5.74) is 3.02. The quantitative estimate of drug-likeness (QED) is 0.241. The van der Waals surface area contributed by atoms with Gasteiger partial charge in [0, 0.05) is 18.0 Å². The van der Waals surface area contributed by atoms with Crippen LogP contribution in [0.2, 0.25) is 0 Å². The van der Waals surface area contributed by atoms with Crippen molar-refractivity contribution in [3.8, 4) is 34.8 Å². The van der Waals surface area contributed by atoms with E-state index in [1.807, 2.05) is 50.2 Å². The minimum Gasteiger partial charge on any atom is -0.490 e. The SMILES string of the molecule is CC.N#CCNCC1CC(Oc2ccc(-c3ccc(C#CC(CO)n4ccnc4CO)cc3)cc2)C1. The molecule has 4 rings (SSSR count). The molecule has 0 saturated heterocycles. The Balaban J connectivity index is 0.00000176. The lowest BCUT2D eigenvalue weighted by atomic mass is 9.82. The van der Waals surface area contributed by atoms with Gasteiger partial charge in [0.25, 0.3) is 0 Å². The molecule has 3 N–H and O–H groups in total. The summed E-state index contributed by atoms with van der Waals surface area (Å²) >= 11 is 0. The van der Waals surface area contributed by atoms with Crippen molar-refractivity contribution in [2.75, 3.05) is 19.7 Å². The van der Waals surface area contributed by atoms with Crippen LogP contribution < -0.4 is 10.1 Å². The monoisotopic (exact) mass is 486 g/mol. The third kappa shape index (κ3) is 7.19. The molecule has 0 aliphatic heterocycles. The van der Waals surface area contributed by atoms with Crippen molar-refractivity contribution in [2.24, 2.45) is 5.92 Å². The number of nitriles is 1. The molecule has 1 atom stereocenters. The number of ether oxygens (including phenoxy) is 1. The van der Waals surface area contributed by atoms with Crippen molar-refractivity contribution in [1.29, 1.82) is 5.26 Å². The number of nitrogens with zero attached hydrogens (tertiary/aromatic N) is 3. The fourth-order valence-electron chi connectivity index (χ4n) is 4.05. The van der Waals surface area contributed by atoms with Gasteiger partial charge in [0.05, 0.1) is 25.3 Å². The predicted molar refractivity (Wildman–Crippen MR) is 140 cm³/mol. The average molecular weight is 487 g/mol. The Labute approximate surface area is 213 Å². The van der Waals surface area contributed by atoms with Crippen LogP contribution in [0.4, 0.5) is 0 Å². The Morgan fingerprint density at radius 3 is 2.36 bits per heavy atom. The predicted octanol–water partition coefficient (Wildman–Crippen LogP) is 3.92. The van der Waals surface area contributed by atoms with Crippen molar-refractivity contribution >= 4 is 0 Å². The van der Waals surface area contributed by atoms with Gasteiger partial charge in [-0.25, -0.2) is 4.98 Å². The van der Waals surface area contributed by atoms with Gasteiger partial charge >= 0.3 is 0 Å². The first-order valence-electron chi connectivity index (χ1n) is 12.4. The highest BCUT2D eigenvalue weighted by Gasteiger charge is 2.30. The van der Waals surface area contributed by atoms with Gasteiger partial charge in [-0.1, -0.05) is 50.0 Å². The zero-order chi connectivity index (χ0) is 25.8. The largest absolute Gasteiger partial charge is 0.490 e. The first kappa shape index (κ1) is 27.0. The van der Waals surface area contributed by atoms with Crippen LogP contribution in [0.3, 0.4) is 0 Å². The Bertz CT molecular complexity index is 1160. The van der Waals surface area contributed by atoms with Crippen LogP contribution in [-0.4, -0.2) is 45.6 Å². The molecule has 36 heavy (non-hydrogen) atoms. The van der Waals surface area contributed by atoms with Crippen molar-refractivity contribution in [3.63, 3.8) is 0 Å². The van der Waals surface area contributed by atoms with Gasteiger partial charge < -0.3 is 24.8 Å². The summed E-state index contributed by atoms with van der Waals surface area (Å²) in [6.07, 6.45) is 5.57. The van der Waals surface area contributed by atoms with Crippen LogP contribution in [0.5, 0.6) is 5.75 Å². The molecule has 2 aromatic carbocycles. The van der Waals surface area contributed by atoms with E-state index < -0.39 is 6.04 Å². The Hall–Kier alpha value is -3.62. The van der Waals surface area contributed by atoms with Crippen LogP contribution in [0.15, 0.2) is 60.9 Å². The van der Waals surface area contributed by atoms with E-state index in [-0.39, 0.29) is 19.3 Å². The molecule has 1 aliphatic rings. The van der Waals surface area contributed by atoms with Gasteiger partial charge in [0.2, 0.25) is 0 Å². The molecule has 7 nitrogen and oxygen atoms in total. The summed E-state index contributed by atoms with van der Waals surface area (Å²) < 4.78 is 7.74. The number of imidazole rings is 1. The molecule has 1 aliphatic carbocycles. The van der Waals surface area contributed by atoms with Gasteiger partial charge in [0.1, 0.15) is 24.2 Å². The molecular weight excluding hydrogens is 452 g/mol. The second kappa shape index (κ2) is 14.1. The molecule has 3 aromatic rings. The maximum atomic E-state index is 9.69. The number of benzene rings is 2. The molecule has 188 valence electrons. The van der Waals surface area contributed by atoms with Crippen LogP contribution in [-0.2, 0) is 6.61 Å². The van der Waals surface area contributed by atoms with E-state index in [0.29, 0.717) is 18.3 Å². The highest BCUT2D eigenvalue weighted by Crippen LogP contribution is 2.31. The van der Waals surface area contributed by atoms with E-state index in [1.165, 1.54) is 0 Å². The summed E-state index contributed by atoms with van der Waals surface area (Å²) in [4.78, 5) is 4.06. The van der Waals surface area contributed by atoms with Gasteiger partial charge in [-0.2, -0.15) is 5.26 Å². The summed E-state index contributed by atoms with van der Waals surface area (Å²) in [7, 11) is 0. The van der Waals surface area contributed by atoms with Gasteiger partial charge in [-0.05, 0) is 60.7 Å². The molecule has 1 saturated carbocycles. The highest BCUT2D eigenvalue weighted by molar-refractivity contribution is 5.65. The smallest absolute Gasteiger partial charge is 0.135 e. The second-order valence-electron chi connectivity index (χ2n) is 8.34. The summed E-state index contributed by atoms with van der Waals surface area (Å²) in [6, 6.07) is 17.7. The fraction of sp³-hybridized carbons (Fsp3) is 0.379. The van der Waals surface area contributed by atoms with Crippen molar-refractivity contribution < 1.29 is 14.9 Å². The van der Waals surface area contributed by atoms with Crippen molar-refractivity contribution in [2.45, 2.75) is 45.4 Å². The van der Waals surface area contributed by atoms with Crippen LogP contribution in [0.1, 0.15) is 44.1 Å². The van der Waals surface area contributed by atoms with E-state index in [4.69, 9.17) is 10.00 Å². The lowest BCUT2D eigenvalue weighted by Crippen LogP contribution is -2.39. The van der Waals surface area contributed by atoms with E-state index in [9.17, 15) is 10.2 Å². The Morgan fingerprint density at radius 1 is 1.08 bits per heavy atom.